The van der Waals surface area contributed by atoms with E-state index in [-0.39, 0.29) is 0 Å². The first-order valence-electron chi connectivity index (χ1n) is 7.53. The van der Waals surface area contributed by atoms with Gasteiger partial charge in [-0.25, -0.2) is 0 Å². The molecule has 2 unspecified atom stereocenters. The zero-order valence-corrected chi connectivity index (χ0v) is 12.9. The first-order valence-corrected chi connectivity index (χ1v) is 7.53. The molecule has 2 atom stereocenters. The fraction of sp³-hybridized carbons (Fsp3) is 0.647. The van der Waals surface area contributed by atoms with Gasteiger partial charge in [0.25, 0.3) is 0 Å². The predicted molar refractivity (Wildman–Crippen MR) is 82.3 cm³/mol. The van der Waals surface area contributed by atoms with Crippen molar-refractivity contribution in [3.05, 3.63) is 34.4 Å². The van der Waals surface area contributed by atoms with Crippen LogP contribution in [0.25, 0.3) is 0 Å². The molecule has 0 aliphatic carbocycles. The summed E-state index contributed by atoms with van der Waals surface area (Å²) in [6.45, 7) is 12.0. The summed E-state index contributed by atoms with van der Waals surface area (Å²) >= 11 is 0. The van der Waals surface area contributed by atoms with Crippen LogP contribution in [-0.2, 0) is 6.54 Å². The normalized spacial score (nSPS) is 24.7. The van der Waals surface area contributed by atoms with Gasteiger partial charge in [0.2, 0.25) is 0 Å². The van der Waals surface area contributed by atoms with Crippen molar-refractivity contribution < 1.29 is 0 Å². The number of nitrogens with two attached hydrogens (primary N) is 1. The topological polar surface area (TPSA) is 29.3 Å². The maximum atomic E-state index is 6.00. The average Bonchev–Trinajstić information content (AvgIpc) is 2.34. The van der Waals surface area contributed by atoms with E-state index in [1.54, 1.807) is 0 Å². The Labute approximate surface area is 118 Å². The van der Waals surface area contributed by atoms with Crippen LogP contribution in [0.15, 0.2) is 12.1 Å². The molecule has 2 nitrogen and oxygen atoms in total. The third-order valence-electron chi connectivity index (χ3n) is 4.67. The van der Waals surface area contributed by atoms with Crippen molar-refractivity contribution in [2.45, 2.75) is 53.1 Å². The van der Waals surface area contributed by atoms with E-state index in [0.717, 1.165) is 19.0 Å². The maximum Gasteiger partial charge on any atom is 0.0247 e. The third kappa shape index (κ3) is 3.18. The highest BCUT2D eigenvalue weighted by atomic mass is 15.2. The highest BCUT2D eigenvalue weighted by molar-refractivity contribution is 5.37. The molecule has 1 heterocycles. The highest BCUT2D eigenvalue weighted by Crippen LogP contribution is 2.26. The van der Waals surface area contributed by atoms with Gasteiger partial charge in [0.05, 0.1) is 0 Å². The van der Waals surface area contributed by atoms with Crippen molar-refractivity contribution in [1.82, 2.24) is 4.90 Å². The Kier molecular flexibility index (Phi) is 4.64. The number of aryl methyl sites for hydroxylation is 3. The van der Waals surface area contributed by atoms with Crippen LogP contribution in [0.1, 0.15) is 42.0 Å². The Balaban J connectivity index is 2.20. The van der Waals surface area contributed by atoms with Gasteiger partial charge >= 0.3 is 0 Å². The second kappa shape index (κ2) is 6.06. The zero-order chi connectivity index (χ0) is 14.0. The van der Waals surface area contributed by atoms with Crippen LogP contribution in [0.5, 0.6) is 0 Å². The average molecular weight is 260 g/mol. The van der Waals surface area contributed by atoms with Crippen molar-refractivity contribution in [3.8, 4) is 0 Å². The lowest BCUT2D eigenvalue weighted by atomic mass is 9.89. The van der Waals surface area contributed by atoms with Gasteiger partial charge in [-0.2, -0.15) is 0 Å². The quantitative estimate of drug-likeness (QED) is 0.904. The van der Waals surface area contributed by atoms with Gasteiger partial charge in [0.15, 0.2) is 0 Å². The summed E-state index contributed by atoms with van der Waals surface area (Å²) in [4.78, 5) is 2.60. The van der Waals surface area contributed by atoms with Crippen LogP contribution >= 0.6 is 0 Å². The molecule has 0 amide bonds. The molecule has 2 rings (SSSR count). The first-order chi connectivity index (χ1) is 9.02. The van der Waals surface area contributed by atoms with Crippen LogP contribution in [-0.4, -0.2) is 24.0 Å². The molecular formula is C17H28N2. The maximum absolute atomic E-state index is 6.00. The van der Waals surface area contributed by atoms with E-state index < -0.39 is 0 Å². The van der Waals surface area contributed by atoms with Crippen molar-refractivity contribution in [1.29, 1.82) is 0 Å². The van der Waals surface area contributed by atoms with Crippen LogP contribution in [0.4, 0.5) is 0 Å². The van der Waals surface area contributed by atoms with E-state index in [4.69, 9.17) is 5.73 Å². The Morgan fingerprint density at radius 3 is 2.42 bits per heavy atom. The number of benzene rings is 1. The number of hydrogen-bond donors (Lipinski definition) is 1. The molecule has 1 saturated heterocycles. The molecule has 0 aromatic heterocycles. The van der Waals surface area contributed by atoms with E-state index in [1.807, 2.05) is 0 Å². The van der Waals surface area contributed by atoms with Crippen LogP contribution in [0.3, 0.4) is 0 Å². The SMILES string of the molecule is Cc1cc(C)c(CN2CCCC(C)C2CN)c(C)c1. The Bertz CT molecular complexity index is 416. The van der Waals surface area contributed by atoms with Crippen molar-refractivity contribution in [2.75, 3.05) is 13.1 Å². The molecule has 1 aliphatic heterocycles. The minimum Gasteiger partial charge on any atom is -0.329 e. The molecule has 19 heavy (non-hydrogen) atoms. The van der Waals surface area contributed by atoms with E-state index in [0.29, 0.717) is 6.04 Å². The van der Waals surface area contributed by atoms with E-state index in [2.05, 4.69) is 44.7 Å². The lowest BCUT2D eigenvalue weighted by Gasteiger charge is -2.40. The molecule has 2 heteroatoms. The molecule has 106 valence electrons. The summed E-state index contributed by atoms with van der Waals surface area (Å²) in [5.74, 6) is 0.727. The second-order valence-corrected chi connectivity index (χ2v) is 6.27. The fourth-order valence-electron chi connectivity index (χ4n) is 3.57. The number of rotatable bonds is 3. The monoisotopic (exact) mass is 260 g/mol. The van der Waals surface area contributed by atoms with Gasteiger partial charge < -0.3 is 5.73 Å². The molecule has 0 saturated carbocycles. The Morgan fingerprint density at radius 1 is 1.21 bits per heavy atom. The summed E-state index contributed by atoms with van der Waals surface area (Å²) in [7, 11) is 0. The number of piperidine rings is 1. The molecule has 2 N–H and O–H groups in total. The summed E-state index contributed by atoms with van der Waals surface area (Å²) in [6.07, 6.45) is 2.63. The van der Waals surface area contributed by atoms with Gasteiger partial charge in [0, 0.05) is 19.1 Å². The standard InChI is InChI=1S/C17H28N2/c1-12-8-14(3)16(15(4)9-12)11-19-7-5-6-13(2)17(19)10-18/h8-9,13,17H,5-7,10-11,18H2,1-4H3. The van der Waals surface area contributed by atoms with Gasteiger partial charge in [-0.15, -0.1) is 0 Å². The largest absolute Gasteiger partial charge is 0.329 e. The van der Waals surface area contributed by atoms with E-state index >= 15 is 0 Å². The highest BCUT2D eigenvalue weighted by Gasteiger charge is 2.27. The van der Waals surface area contributed by atoms with Crippen LogP contribution in [0.2, 0.25) is 0 Å². The van der Waals surface area contributed by atoms with E-state index in [9.17, 15) is 0 Å². The smallest absolute Gasteiger partial charge is 0.0247 e. The Hall–Kier alpha value is -0.860. The number of likely N-dealkylation sites (tertiary alicyclic amines) is 1. The lowest BCUT2D eigenvalue weighted by Crippen LogP contribution is -2.48. The zero-order valence-electron chi connectivity index (χ0n) is 12.9. The summed E-state index contributed by atoms with van der Waals surface area (Å²) < 4.78 is 0. The minimum atomic E-state index is 0.550. The molecule has 1 aliphatic rings. The summed E-state index contributed by atoms with van der Waals surface area (Å²) in [5.41, 5.74) is 11.7. The minimum absolute atomic E-state index is 0.550. The summed E-state index contributed by atoms with van der Waals surface area (Å²) in [5, 5.41) is 0. The lowest BCUT2D eigenvalue weighted by molar-refractivity contribution is 0.0987. The van der Waals surface area contributed by atoms with Gasteiger partial charge in [-0.3, -0.25) is 4.90 Å². The van der Waals surface area contributed by atoms with Crippen molar-refractivity contribution in [3.63, 3.8) is 0 Å². The van der Waals surface area contributed by atoms with Crippen molar-refractivity contribution in [2.24, 2.45) is 11.7 Å². The van der Waals surface area contributed by atoms with Gasteiger partial charge in [-0.05, 0) is 62.8 Å². The Morgan fingerprint density at radius 2 is 1.84 bits per heavy atom. The van der Waals surface area contributed by atoms with E-state index in [1.165, 1.54) is 41.6 Å². The van der Waals surface area contributed by atoms with Crippen LogP contribution in [0, 0.1) is 26.7 Å². The van der Waals surface area contributed by atoms with Gasteiger partial charge in [-0.1, -0.05) is 24.6 Å². The summed E-state index contributed by atoms with van der Waals surface area (Å²) in [6, 6.07) is 5.15. The molecule has 1 aromatic rings. The van der Waals surface area contributed by atoms with Gasteiger partial charge in [0.1, 0.15) is 0 Å². The number of hydrogen-bond acceptors (Lipinski definition) is 2. The molecule has 0 spiro atoms. The first kappa shape index (κ1) is 14.5. The molecule has 1 fully saturated rings. The number of nitrogens with zero attached hydrogens (tertiary/aromatic N) is 1. The molecular weight excluding hydrogens is 232 g/mol. The molecule has 0 radical (unpaired) electrons. The molecule has 1 aromatic carbocycles. The van der Waals surface area contributed by atoms with Crippen molar-refractivity contribution >= 4 is 0 Å². The van der Waals surface area contributed by atoms with Crippen LogP contribution < -0.4 is 5.73 Å². The molecule has 0 bridgehead atoms. The third-order valence-corrected chi connectivity index (χ3v) is 4.67. The fourth-order valence-corrected chi connectivity index (χ4v) is 3.57. The predicted octanol–water partition coefficient (Wildman–Crippen LogP) is 3.17. The second-order valence-electron chi connectivity index (χ2n) is 6.27.